The first-order valence-corrected chi connectivity index (χ1v) is 12.7. The molecule has 3 aliphatic rings. The fourth-order valence-electron chi connectivity index (χ4n) is 3.57. The highest BCUT2D eigenvalue weighted by Gasteiger charge is 2.41. The van der Waals surface area contributed by atoms with Crippen molar-refractivity contribution in [2.24, 2.45) is 5.92 Å². The van der Waals surface area contributed by atoms with Gasteiger partial charge in [0.15, 0.2) is 11.5 Å². The SMILES string of the molecule is O=S(=O)(NCC1CCN(S(=O)(=O)C2CC2)CC1)c1ccc2c(c1)OCCCO2. The summed E-state index contributed by atoms with van der Waals surface area (Å²) in [7, 11) is -6.81. The fourth-order valence-corrected chi connectivity index (χ4v) is 6.57. The van der Waals surface area contributed by atoms with Crippen molar-refractivity contribution in [2.45, 2.75) is 42.2 Å². The average molecular weight is 431 g/mol. The molecule has 1 saturated heterocycles. The van der Waals surface area contributed by atoms with Gasteiger partial charge in [-0.05, 0) is 43.7 Å². The summed E-state index contributed by atoms with van der Waals surface area (Å²) in [4.78, 5) is 0.144. The maximum Gasteiger partial charge on any atom is 0.240 e. The summed E-state index contributed by atoms with van der Waals surface area (Å²) in [6, 6.07) is 4.63. The number of ether oxygens (including phenoxy) is 2. The molecule has 0 unspecified atom stereocenters. The molecule has 28 heavy (non-hydrogen) atoms. The van der Waals surface area contributed by atoms with Crippen LogP contribution in [0.2, 0.25) is 0 Å². The Morgan fingerprint density at radius 3 is 2.32 bits per heavy atom. The quantitative estimate of drug-likeness (QED) is 0.731. The minimum Gasteiger partial charge on any atom is -0.490 e. The molecule has 0 amide bonds. The third kappa shape index (κ3) is 4.29. The van der Waals surface area contributed by atoms with Crippen LogP contribution >= 0.6 is 0 Å². The summed E-state index contributed by atoms with van der Waals surface area (Å²) in [5.41, 5.74) is 0. The van der Waals surface area contributed by atoms with Crippen LogP contribution in [0.3, 0.4) is 0 Å². The van der Waals surface area contributed by atoms with Crippen LogP contribution in [0, 0.1) is 5.92 Å². The molecule has 2 aliphatic heterocycles. The monoisotopic (exact) mass is 430 g/mol. The maximum atomic E-state index is 12.7. The van der Waals surface area contributed by atoms with Crippen LogP contribution in [0.1, 0.15) is 32.1 Å². The van der Waals surface area contributed by atoms with Crippen LogP contribution in [0.4, 0.5) is 0 Å². The van der Waals surface area contributed by atoms with E-state index in [9.17, 15) is 16.8 Å². The fraction of sp³-hybridized carbons (Fsp3) is 0.667. The van der Waals surface area contributed by atoms with Crippen molar-refractivity contribution in [1.29, 1.82) is 0 Å². The van der Waals surface area contributed by atoms with E-state index in [4.69, 9.17) is 9.47 Å². The number of fused-ring (bicyclic) bond motifs is 1. The van der Waals surface area contributed by atoms with E-state index in [0.717, 1.165) is 19.3 Å². The van der Waals surface area contributed by atoms with Crippen molar-refractivity contribution < 1.29 is 26.3 Å². The zero-order valence-electron chi connectivity index (χ0n) is 15.7. The number of nitrogens with one attached hydrogen (secondary N) is 1. The highest BCUT2D eigenvalue weighted by atomic mass is 32.2. The Kier molecular flexibility index (Phi) is 5.56. The van der Waals surface area contributed by atoms with Crippen LogP contribution in [-0.2, 0) is 20.0 Å². The van der Waals surface area contributed by atoms with Gasteiger partial charge in [-0.2, -0.15) is 0 Å². The molecule has 1 saturated carbocycles. The lowest BCUT2D eigenvalue weighted by atomic mass is 9.99. The highest BCUT2D eigenvalue weighted by molar-refractivity contribution is 7.90. The molecule has 8 nitrogen and oxygen atoms in total. The zero-order chi connectivity index (χ0) is 19.8. The number of piperidine rings is 1. The van der Waals surface area contributed by atoms with Gasteiger partial charge in [-0.3, -0.25) is 0 Å². The van der Waals surface area contributed by atoms with Gasteiger partial charge in [0.2, 0.25) is 20.0 Å². The molecule has 2 heterocycles. The number of hydrogen-bond acceptors (Lipinski definition) is 6. The number of hydrogen-bond donors (Lipinski definition) is 1. The van der Waals surface area contributed by atoms with E-state index < -0.39 is 20.0 Å². The molecule has 2 fully saturated rings. The van der Waals surface area contributed by atoms with Crippen molar-refractivity contribution in [2.75, 3.05) is 32.8 Å². The van der Waals surface area contributed by atoms with E-state index in [1.165, 1.54) is 12.1 Å². The molecular formula is C18H26N2O6S2. The predicted octanol–water partition coefficient (Wildman–Crippen LogP) is 1.33. The Morgan fingerprint density at radius 1 is 0.964 bits per heavy atom. The normalized spacial score (nSPS) is 22.0. The zero-order valence-corrected chi connectivity index (χ0v) is 17.3. The number of rotatable bonds is 6. The van der Waals surface area contributed by atoms with Gasteiger partial charge < -0.3 is 9.47 Å². The van der Waals surface area contributed by atoms with Crippen LogP contribution < -0.4 is 14.2 Å². The molecule has 4 rings (SSSR count). The van der Waals surface area contributed by atoms with Crippen molar-refractivity contribution >= 4 is 20.0 Å². The maximum absolute atomic E-state index is 12.7. The Balaban J connectivity index is 1.34. The molecule has 0 radical (unpaired) electrons. The van der Waals surface area contributed by atoms with Gasteiger partial charge >= 0.3 is 0 Å². The minimum atomic E-state index is -3.67. The Hall–Kier alpha value is -1.36. The van der Waals surface area contributed by atoms with Gasteiger partial charge in [0.25, 0.3) is 0 Å². The van der Waals surface area contributed by atoms with Crippen LogP contribution in [0.5, 0.6) is 11.5 Å². The van der Waals surface area contributed by atoms with Crippen molar-refractivity contribution in [3.8, 4) is 11.5 Å². The molecule has 0 bridgehead atoms. The molecular weight excluding hydrogens is 404 g/mol. The molecule has 0 atom stereocenters. The minimum absolute atomic E-state index is 0.126. The van der Waals surface area contributed by atoms with Gasteiger partial charge in [0.05, 0.1) is 23.4 Å². The van der Waals surface area contributed by atoms with E-state index in [-0.39, 0.29) is 16.1 Å². The summed E-state index contributed by atoms with van der Waals surface area (Å²) in [6.07, 6.45) is 3.60. The molecule has 1 aliphatic carbocycles. The summed E-state index contributed by atoms with van der Waals surface area (Å²) in [6.45, 7) is 2.28. The highest BCUT2D eigenvalue weighted by Crippen LogP contribution is 2.34. The molecule has 1 aromatic carbocycles. The molecule has 10 heteroatoms. The first kappa shape index (κ1) is 19.9. The number of benzene rings is 1. The van der Waals surface area contributed by atoms with Gasteiger partial charge in [0, 0.05) is 32.1 Å². The third-order valence-corrected chi connectivity index (χ3v) is 9.29. The van der Waals surface area contributed by atoms with Crippen LogP contribution in [0.25, 0.3) is 0 Å². The lowest BCUT2D eigenvalue weighted by Crippen LogP contribution is -2.42. The first-order chi connectivity index (χ1) is 13.4. The van der Waals surface area contributed by atoms with E-state index in [2.05, 4.69) is 4.72 Å². The molecule has 0 spiro atoms. The summed E-state index contributed by atoms with van der Waals surface area (Å²) in [5.74, 6) is 1.13. The first-order valence-electron chi connectivity index (χ1n) is 9.74. The topological polar surface area (TPSA) is 102 Å². The smallest absolute Gasteiger partial charge is 0.240 e. The summed E-state index contributed by atoms with van der Waals surface area (Å²) in [5, 5.41) is -0.193. The van der Waals surface area contributed by atoms with Crippen molar-refractivity contribution in [3.63, 3.8) is 0 Å². The van der Waals surface area contributed by atoms with E-state index in [1.807, 2.05) is 0 Å². The standard InChI is InChI=1S/C18H26N2O6S2/c21-27(22,16-4-5-17-18(12-16)26-11-1-10-25-17)19-13-14-6-8-20(9-7-14)28(23,24)15-2-3-15/h4-5,12,14-15,19H,1-3,6-11,13H2. The predicted molar refractivity (Wildman–Crippen MR) is 103 cm³/mol. The van der Waals surface area contributed by atoms with Gasteiger partial charge in [0.1, 0.15) is 0 Å². The Bertz CT molecular complexity index is 919. The largest absolute Gasteiger partial charge is 0.490 e. The van der Waals surface area contributed by atoms with Crippen LogP contribution in [-0.4, -0.2) is 59.2 Å². The third-order valence-electron chi connectivity index (χ3n) is 5.47. The average Bonchev–Trinajstić information content (AvgIpc) is 3.53. The van der Waals surface area contributed by atoms with Gasteiger partial charge in [-0.15, -0.1) is 0 Å². The molecule has 1 aromatic rings. The summed E-state index contributed by atoms with van der Waals surface area (Å²) >= 11 is 0. The second kappa shape index (κ2) is 7.81. The van der Waals surface area contributed by atoms with Crippen molar-refractivity contribution in [3.05, 3.63) is 18.2 Å². The molecule has 0 aromatic heterocycles. The number of nitrogens with zero attached hydrogens (tertiary/aromatic N) is 1. The summed E-state index contributed by atoms with van der Waals surface area (Å²) < 4.78 is 65.2. The lowest BCUT2D eigenvalue weighted by molar-refractivity contribution is 0.274. The van der Waals surface area contributed by atoms with E-state index in [1.54, 1.807) is 10.4 Å². The van der Waals surface area contributed by atoms with Gasteiger partial charge in [-0.1, -0.05) is 0 Å². The molecule has 156 valence electrons. The van der Waals surface area contributed by atoms with E-state index >= 15 is 0 Å². The Morgan fingerprint density at radius 2 is 1.64 bits per heavy atom. The number of sulfonamides is 2. The lowest BCUT2D eigenvalue weighted by Gasteiger charge is -2.31. The van der Waals surface area contributed by atoms with Gasteiger partial charge in [-0.25, -0.2) is 25.9 Å². The second-order valence-electron chi connectivity index (χ2n) is 7.60. The second-order valence-corrected chi connectivity index (χ2v) is 11.6. The Labute approximate surface area is 166 Å². The molecule has 1 N–H and O–H groups in total. The van der Waals surface area contributed by atoms with Crippen molar-refractivity contribution in [1.82, 2.24) is 9.03 Å². The van der Waals surface area contributed by atoms with Crippen LogP contribution in [0.15, 0.2) is 23.1 Å². The van der Waals surface area contributed by atoms with E-state index in [0.29, 0.717) is 57.2 Å².